The second kappa shape index (κ2) is 10.3. The molecule has 0 radical (unpaired) electrons. The first-order chi connectivity index (χ1) is 14.8. The van der Waals surface area contributed by atoms with E-state index >= 15 is 0 Å². The van der Waals surface area contributed by atoms with E-state index in [1.807, 2.05) is 28.0 Å². The van der Waals surface area contributed by atoms with E-state index in [-0.39, 0.29) is 24.3 Å². The van der Waals surface area contributed by atoms with Gasteiger partial charge in [0.2, 0.25) is 0 Å². The second-order valence-corrected chi connectivity index (χ2v) is 7.62. The molecule has 172 valence electrons. The summed E-state index contributed by atoms with van der Waals surface area (Å²) in [5.74, 6) is -2.76. The highest BCUT2D eigenvalue weighted by molar-refractivity contribution is 5.75. The summed E-state index contributed by atoms with van der Waals surface area (Å²) in [7, 11) is 0. The molecule has 11 heteroatoms. The molecule has 3 aliphatic rings. The third-order valence-electron chi connectivity index (χ3n) is 5.57. The van der Waals surface area contributed by atoms with Crippen LogP contribution in [-0.2, 0) is 20.9 Å². The van der Waals surface area contributed by atoms with Gasteiger partial charge in [-0.15, -0.1) is 0 Å². The molecule has 2 amide bonds. The first-order valence-corrected chi connectivity index (χ1v) is 10.3. The first-order valence-electron chi connectivity index (χ1n) is 10.3. The monoisotopic (exact) mass is 445 g/mol. The molecular weight excluding hydrogens is 419 g/mol. The standard InChI is InChI=1S/C18H25N3O3.C2HF3O2/c22-18(20-9-3-4-10-20)21-11-12-23-17-15(21)6-7-16(17)24-13-14-5-1-2-8-19-14;3-2(4,5)1(6)7/h1-2,5,8,15-17H,3-4,6-7,9-13H2;(H,6,7)/t15-,16+,17+;/m0./s1. The fourth-order valence-electron chi connectivity index (χ4n) is 4.10. The molecule has 1 aromatic rings. The Hall–Kier alpha value is -2.40. The molecule has 0 unspecified atom stereocenters. The maximum atomic E-state index is 12.8. The summed E-state index contributed by atoms with van der Waals surface area (Å²) >= 11 is 0. The maximum Gasteiger partial charge on any atom is 0.490 e. The molecule has 1 N–H and O–H groups in total. The van der Waals surface area contributed by atoms with Crippen LogP contribution in [-0.4, -0.2) is 82.6 Å². The topological polar surface area (TPSA) is 92.2 Å². The van der Waals surface area contributed by atoms with Crippen LogP contribution in [0.15, 0.2) is 24.4 Å². The summed E-state index contributed by atoms with van der Waals surface area (Å²) in [5.41, 5.74) is 0.932. The fourth-order valence-corrected chi connectivity index (χ4v) is 4.10. The number of carboxylic acids is 1. The van der Waals surface area contributed by atoms with Crippen LogP contribution in [0.5, 0.6) is 0 Å². The highest BCUT2D eigenvalue weighted by Crippen LogP contribution is 2.33. The molecule has 3 heterocycles. The number of carboxylic acid groups (broad SMARTS) is 1. The molecule has 4 rings (SSSR count). The van der Waals surface area contributed by atoms with E-state index in [2.05, 4.69) is 4.98 Å². The van der Waals surface area contributed by atoms with Gasteiger partial charge in [-0.25, -0.2) is 9.59 Å². The number of aromatic nitrogens is 1. The molecule has 31 heavy (non-hydrogen) atoms. The van der Waals surface area contributed by atoms with Gasteiger partial charge in [0.15, 0.2) is 0 Å². The minimum Gasteiger partial charge on any atom is -0.475 e. The van der Waals surface area contributed by atoms with Crippen molar-refractivity contribution in [1.82, 2.24) is 14.8 Å². The number of ether oxygens (including phenoxy) is 2. The lowest BCUT2D eigenvalue weighted by Gasteiger charge is -2.40. The Morgan fingerprint density at radius 3 is 2.52 bits per heavy atom. The van der Waals surface area contributed by atoms with Crippen molar-refractivity contribution in [2.45, 2.75) is 56.7 Å². The van der Waals surface area contributed by atoms with Crippen LogP contribution in [0, 0.1) is 0 Å². The van der Waals surface area contributed by atoms with E-state index < -0.39 is 12.1 Å². The molecule has 8 nitrogen and oxygen atoms in total. The zero-order valence-electron chi connectivity index (χ0n) is 17.0. The quantitative estimate of drug-likeness (QED) is 0.769. The zero-order chi connectivity index (χ0) is 22.4. The van der Waals surface area contributed by atoms with Crippen molar-refractivity contribution in [2.24, 2.45) is 0 Å². The normalized spacial score (nSPS) is 25.6. The van der Waals surface area contributed by atoms with Crippen molar-refractivity contribution >= 4 is 12.0 Å². The summed E-state index contributed by atoms with van der Waals surface area (Å²) in [6, 6.07) is 6.19. The van der Waals surface area contributed by atoms with Crippen molar-refractivity contribution in [1.29, 1.82) is 0 Å². The van der Waals surface area contributed by atoms with E-state index in [4.69, 9.17) is 19.4 Å². The molecule has 1 aromatic heterocycles. The number of amides is 2. The molecule has 3 fully saturated rings. The highest BCUT2D eigenvalue weighted by atomic mass is 19.4. The molecule has 1 saturated carbocycles. The second-order valence-electron chi connectivity index (χ2n) is 7.62. The number of halogens is 3. The van der Waals surface area contributed by atoms with Gasteiger partial charge in [0.1, 0.15) is 6.10 Å². The van der Waals surface area contributed by atoms with Gasteiger partial charge in [-0.05, 0) is 37.8 Å². The summed E-state index contributed by atoms with van der Waals surface area (Å²) < 4.78 is 43.8. The lowest BCUT2D eigenvalue weighted by molar-refractivity contribution is -0.192. The third kappa shape index (κ3) is 6.07. The molecular formula is C20H26F3N3O5. The average molecular weight is 445 g/mol. The minimum absolute atomic E-state index is 0.00554. The lowest BCUT2D eigenvalue weighted by atomic mass is 10.1. The smallest absolute Gasteiger partial charge is 0.475 e. The van der Waals surface area contributed by atoms with Gasteiger partial charge in [-0.3, -0.25) is 4.98 Å². The highest BCUT2D eigenvalue weighted by Gasteiger charge is 2.46. The SMILES string of the molecule is O=C(N1CCCC1)N1CCO[C@H]2[C@H](OCc3ccccn3)CC[C@@H]21.O=C(O)C(F)(F)F. The van der Waals surface area contributed by atoms with Crippen LogP contribution in [0.2, 0.25) is 0 Å². The van der Waals surface area contributed by atoms with Gasteiger partial charge in [0, 0.05) is 25.8 Å². The Balaban J connectivity index is 0.000000339. The number of fused-ring (bicyclic) bond motifs is 1. The molecule has 0 spiro atoms. The van der Waals surface area contributed by atoms with Gasteiger partial charge in [0.25, 0.3) is 0 Å². The summed E-state index contributed by atoms with van der Waals surface area (Å²) in [6.07, 6.45) is 0.882. The average Bonchev–Trinajstić information content (AvgIpc) is 3.42. The lowest BCUT2D eigenvalue weighted by Crippen LogP contribution is -2.56. The number of morpholine rings is 1. The molecule has 1 aliphatic carbocycles. The van der Waals surface area contributed by atoms with Gasteiger partial charge >= 0.3 is 18.2 Å². The summed E-state index contributed by atoms with van der Waals surface area (Å²) in [5, 5.41) is 7.12. The Bertz CT molecular complexity index is 743. The van der Waals surface area contributed by atoms with E-state index in [1.165, 1.54) is 0 Å². The molecule has 0 bridgehead atoms. The van der Waals surface area contributed by atoms with E-state index in [1.54, 1.807) is 6.20 Å². The third-order valence-corrected chi connectivity index (χ3v) is 5.57. The fraction of sp³-hybridized carbons (Fsp3) is 0.650. The molecule has 0 aromatic carbocycles. The molecule has 2 aliphatic heterocycles. The van der Waals surface area contributed by atoms with Crippen LogP contribution in [0.3, 0.4) is 0 Å². The molecule has 2 saturated heterocycles. The first kappa shape index (κ1) is 23.3. The van der Waals surface area contributed by atoms with E-state index in [0.717, 1.165) is 44.5 Å². The van der Waals surface area contributed by atoms with Crippen molar-refractivity contribution in [3.63, 3.8) is 0 Å². The predicted octanol–water partition coefficient (Wildman–Crippen LogP) is 2.68. The number of nitrogens with zero attached hydrogens (tertiary/aromatic N) is 3. The van der Waals surface area contributed by atoms with E-state index in [9.17, 15) is 18.0 Å². The Kier molecular flexibility index (Phi) is 7.71. The predicted molar refractivity (Wildman–Crippen MR) is 102 cm³/mol. The number of hydrogen-bond acceptors (Lipinski definition) is 5. The number of urea groups is 1. The van der Waals surface area contributed by atoms with Crippen LogP contribution >= 0.6 is 0 Å². The number of hydrogen-bond donors (Lipinski definition) is 1. The van der Waals surface area contributed by atoms with Crippen molar-refractivity contribution in [2.75, 3.05) is 26.2 Å². The van der Waals surface area contributed by atoms with Gasteiger partial charge in [0.05, 0.1) is 31.1 Å². The van der Waals surface area contributed by atoms with Crippen LogP contribution < -0.4 is 0 Å². The summed E-state index contributed by atoms with van der Waals surface area (Å²) in [6.45, 7) is 3.59. The maximum absolute atomic E-state index is 12.8. The van der Waals surface area contributed by atoms with Crippen LogP contribution in [0.1, 0.15) is 31.4 Å². The number of likely N-dealkylation sites (tertiary alicyclic amines) is 1. The van der Waals surface area contributed by atoms with Crippen LogP contribution in [0.4, 0.5) is 18.0 Å². The number of aliphatic carboxylic acids is 1. The number of carbonyl (C=O) groups excluding carboxylic acids is 1. The Labute approximate surface area is 177 Å². The van der Waals surface area contributed by atoms with Gasteiger partial charge in [-0.2, -0.15) is 13.2 Å². The zero-order valence-corrected chi connectivity index (χ0v) is 17.0. The Morgan fingerprint density at radius 1 is 1.19 bits per heavy atom. The van der Waals surface area contributed by atoms with Crippen molar-refractivity contribution in [3.8, 4) is 0 Å². The number of rotatable bonds is 3. The largest absolute Gasteiger partial charge is 0.490 e. The Morgan fingerprint density at radius 2 is 1.90 bits per heavy atom. The van der Waals surface area contributed by atoms with Crippen LogP contribution in [0.25, 0.3) is 0 Å². The van der Waals surface area contributed by atoms with Gasteiger partial charge < -0.3 is 24.4 Å². The van der Waals surface area contributed by atoms with Crippen molar-refractivity contribution in [3.05, 3.63) is 30.1 Å². The number of pyridine rings is 1. The summed E-state index contributed by atoms with van der Waals surface area (Å²) in [4.78, 5) is 30.0. The minimum atomic E-state index is -5.08. The van der Waals surface area contributed by atoms with Crippen molar-refractivity contribution < 1.29 is 37.3 Å². The molecule has 3 atom stereocenters. The van der Waals surface area contributed by atoms with E-state index in [0.29, 0.717) is 19.8 Å². The number of carbonyl (C=O) groups is 2. The van der Waals surface area contributed by atoms with Gasteiger partial charge in [-0.1, -0.05) is 6.07 Å². The number of alkyl halides is 3.